The summed E-state index contributed by atoms with van der Waals surface area (Å²) in [6, 6.07) is 22.2. The third kappa shape index (κ3) is 6.20. The van der Waals surface area contributed by atoms with Crippen LogP contribution in [0, 0.1) is 11.3 Å². The molecule has 6 nitrogen and oxygen atoms in total. The van der Waals surface area contributed by atoms with Crippen molar-refractivity contribution in [1.82, 2.24) is 4.72 Å². The molecule has 3 rings (SSSR count). The normalized spacial score (nSPS) is 12.6. The molecule has 3 aromatic carbocycles. The molecule has 0 fully saturated rings. The summed E-state index contributed by atoms with van der Waals surface area (Å²) < 4.78 is 27.4. The lowest BCUT2D eigenvalue weighted by atomic mass is 9.92. The molecule has 0 saturated heterocycles. The van der Waals surface area contributed by atoms with Gasteiger partial charge in [0.05, 0.1) is 16.9 Å². The van der Waals surface area contributed by atoms with Gasteiger partial charge in [0.15, 0.2) is 0 Å². The van der Waals surface area contributed by atoms with E-state index in [1.54, 1.807) is 39.0 Å². The number of benzene rings is 3. The largest absolute Gasteiger partial charge is 0.322 e. The Bertz CT molecular complexity index is 1290. The molecular formula is C25H24ClN3O3S. The third-order valence-corrected chi connectivity index (χ3v) is 6.80. The van der Waals surface area contributed by atoms with Crippen LogP contribution in [0.15, 0.2) is 77.7 Å². The van der Waals surface area contributed by atoms with Crippen LogP contribution in [0.5, 0.6) is 0 Å². The average molecular weight is 482 g/mol. The van der Waals surface area contributed by atoms with E-state index in [9.17, 15) is 18.5 Å². The molecule has 1 unspecified atom stereocenters. The van der Waals surface area contributed by atoms with Gasteiger partial charge in [-0.1, -0.05) is 48.0 Å². The predicted molar refractivity (Wildman–Crippen MR) is 130 cm³/mol. The molecule has 3 aromatic rings. The first-order chi connectivity index (χ1) is 15.5. The maximum absolute atomic E-state index is 12.6. The average Bonchev–Trinajstić information content (AvgIpc) is 2.75. The lowest BCUT2D eigenvalue weighted by Gasteiger charge is -2.20. The number of sulfonamides is 1. The minimum Gasteiger partial charge on any atom is -0.322 e. The van der Waals surface area contributed by atoms with Crippen LogP contribution in [0.2, 0.25) is 5.02 Å². The van der Waals surface area contributed by atoms with E-state index < -0.39 is 27.4 Å². The van der Waals surface area contributed by atoms with Crippen LogP contribution in [0.4, 0.5) is 5.69 Å². The number of amides is 1. The van der Waals surface area contributed by atoms with Crippen molar-refractivity contribution < 1.29 is 13.2 Å². The zero-order valence-electron chi connectivity index (χ0n) is 18.5. The summed E-state index contributed by atoms with van der Waals surface area (Å²) in [6.45, 7) is 5.25. The second-order valence-electron chi connectivity index (χ2n) is 8.54. The van der Waals surface area contributed by atoms with Crippen molar-refractivity contribution in [2.75, 3.05) is 5.32 Å². The molecule has 0 aliphatic rings. The van der Waals surface area contributed by atoms with Crippen LogP contribution in [0.25, 0.3) is 0 Å². The summed E-state index contributed by atoms with van der Waals surface area (Å²) in [6.07, 6.45) is 0. The van der Waals surface area contributed by atoms with Gasteiger partial charge in [-0.3, -0.25) is 4.79 Å². The van der Waals surface area contributed by atoms with Gasteiger partial charge in [0, 0.05) is 21.8 Å². The van der Waals surface area contributed by atoms with Gasteiger partial charge in [-0.25, -0.2) is 13.1 Å². The summed E-state index contributed by atoms with van der Waals surface area (Å²) in [4.78, 5) is 12.7. The topological polar surface area (TPSA) is 99.1 Å². The second-order valence-corrected chi connectivity index (χ2v) is 10.6. The van der Waals surface area contributed by atoms with Crippen LogP contribution in [0.3, 0.4) is 0 Å². The van der Waals surface area contributed by atoms with E-state index in [1.807, 2.05) is 30.3 Å². The van der Waals surface area contributed by atoms with Gasteiger partial charge in [0.1, 0.15) is 0 Å². The van der Waals surface area contributed by atoms with E-state index in [4.69, 9.17) is 11.6 Å². The number of nitrogens with one attached hydrogen (secondary N) is 2. The molecule has 0 spiro atoms. The fourth-order valence-electron chi connectivity index (χ4n) is 3.26. The summed E-state index contributed by atoms with van der Waals surface area (Å²) in [5, 5.41) is 12.7. The van der Waals surface area contributed by atoms with Gasteiger partial charge in [-0.2, -0.15) is 5.26 Å². The Balaban J connectivity index is 1.76. The summed E-state index contributed by atoms with van der Waals surface area (Å²) in [5.74, 6) is -0.939. The lowest BCUT2D eigenvalue weighted by Crippen LogP contribution is -2.40. The maximum Gasteiger partial charge on any atom is 0.255 e. The van der Waals surface area contributed by atoms with E-state index in [1.165, 1.54) is 24.3 Å². The third-order valence-electron chi connectivity index (χ3n) is 4.70. The minimum atomic E-state index is -3.69. The standard InChI is InChI=1S/C25H24ClN3O3S/c1-25(2,3)29-33(31,32)20-12-9-18(10-13-20)24(30)28-19-11-14-21(23(26)15-19)22(16-27)17-7-5-4-6-8-17/h4-15,22,29H,1-3H3,(H,28,30). The molecule has 2 N–H and O–H groups in total. The Kier molecular flexibility index (Phi) is 7.23. The monoisotopic (exact) mass is 481 g/mol. The Morgan fingerprint density at radius 2 is 1.64 bits per heavy atom. The fourth-order valence-corrected chi connectivity index (χ4v) is 4.97. The van der Waals surface area contributed by atoms with Gasteiger partial charge < -0.3 is 5.32 Å². The van der Waals surface area contributed by atoms with E-state index in [-0.39, 0.29) is 4.90 Å². The number of nitrogens with zero attached hydrogens (tertiary/aromatic N) is 1. The molecule has 8 heteroatoms. The molecule has 0 aromatic heterocycles. The smallest absolute Gasteiger partial charge is 0.255 e. The number of hydrogen-bond acceptors (Lipinski definition) is 4. The highest BCUT2D eigenvalue weighted by atomic mass is 35.5. The Labute approximate surface area is 199 Å². The van der Waals surface area contributed by atoms with Crippen molar-refractivity contribution in [1.29, 1.82) is 5.26 Å². The number of nitriles is 1. The van der Waals surface area contributed by atoms with Crippen molar-refractivity contribution in [2.45, 2.75) is 37.1 Å². The van der Waals surface area contributed by atoms with Crippen LogP contribution in [0.1, 0.15) is 48.2 Å². The van der Waals surface area contributed by atoms with Crippen LogP contribution < -0.4 is 10.0 Å². The van der Waals surface area contributed by atoms with Gasteiger partial charge in [-0.05, 0) is 68.3 Å². The Hall–Kier alpha value is -3.18. The second kappa shape index (κ2) is 9.75. The molecule has 170 valence electrons. The minimum absolute atomic E-state index is 0.0739. The van der Waals surface area contributed by atoms with Crippen molar-refractivity contribution >= 4 is 33.2 Å². The Morgan fingerprint density at radius 1 is 1.00 bits per heavy atom. The number of rotatable bonds is 6. The molecule has 1 atom stereocenters. The fraction of sp³-hybridized carbons (Fsp3) is 0.200. The van der Waals surface area contributed by atoms with Gasteiger partial charge in [0.25, 0.3) is 5.91 Å². The van der Waals surface area contributed by atoms with Crippen LogP contribution >= 0.6 is 11.6 Å². The van der Waals surface area contributed by atoms with Crippen LogP contribution in [-0.4, -0.2) is 19.9 Å². The number of carbonyl (C=O) groups is 1. The molecule has 0 aliphatic heterocycles. The molecule has 0 aliphatic carbocycles. The number of halogens is 1. The van der Waals surface area contributed by atoms with Crippen molar-refractivity contribution in [3.05, 3.63) is 94.5 Å². The molecule has 0 heterocycles. The van der Waals surface area contributed by atoms with Crippen molar-refractivity contribution in [2.24, 2.45) is 0 Å². The zero-order valence-corrected chi connectivity index (χ0v) is 20.0. The quantitative estimate of drug-likeness (QED) is 0.497. The maximum atomic E-state index is 12.6. The molecule has 0 saturated carbocycles. The van der Waals surface area contributed by atoms with Gasteiger partial charge in [-0.15, -0.1) is 0 Å². The highest BCUT2D eigenvalue weighted by molar-refractivity contribution is 7.89. The van der Waals surface area contributed by atoms with E-state index in [0.29, 0.717) is 21.8 Å². The molecular weight excluding hydrogens is 458 g/mol. The van der Waals surface area contributed by atoms with E-state index in [2.05, 4.69) is 16.1 Å². The van der Waals surface area contributed by atoms with E-state index >= 15 is 0 Å². The highest BCUT2D eigenvalue weighted by Crippen LogP contribution is 2.32. The number of anilines is 1. The van der Waals surface area contributed by atoms with Crippen LogP contribution in [-0.2, 0) is 10.0 Å². The predicted octanol–water partition coefficient (Wildman–Crippen LogP) is 5.32. The first kappa shape index (κ1) is 24.5. The number of carbonyl (C=O) groups excluding carboxylic acids is 1. The van der Waals surface area contributed by atoms with Crippen molar-refractivity contribution in [3.63, 3.8) is 0 Å². The summed E-state index contributed by atoms with van der Waals surface area (Å²) in [5.41, 5.74) is 1.61. The summed E-state index contributed by atoms with van der Waals surface area (Å²) >= 11 is 6.43. The summed E-state index contributed by atoms with van der Waals surface area (Å²) in [7, 11) is -3.69. The Morgan fingerprint density at radius 3 is 2.18 bits per heavy atom. The molecule has 0 radical (unpaired) electrons. The van der Waals surface area contributed by atoms with Gasteiger partial charge >= 0.3 is 0 Å². The number of hydrogen-bond donors (Lipinski definition) is 2. The first-order valence-corrected chi connectivity index (χ1v) is 12.1. The molecule has 33 heavy (non-hydrogen) atoms. The molecule has 0 bridgehead atoms. The zero-order chi connectivity index (χ0) is 24.2. The lowest BCUT2D eigenvalue weighted by molar-refractivity contribution is 0.102. The first-order valence-electron chi connectivity index (χ1n) is 10.2. The SMILES string of the molecule is CC(C)(C)NS(=O)(=O)c1ccc(C(=O)Nc2ccc(C(C#N)c3ccccc3)c(Cl)c2)cc1. The van der Waals surface area contributed by atoms with Gasteiger partial charge in [0.2, 0.25) is 10.0 Å². The highest BCUT2D eigenvalue weighted by Gasteiger charge is 2.22. The van der Waals surface area contributed by atoms with E-state index in [0.717, 1.165) is 5.56 Å². The van der Waals surface area contributed by atoms with Crippen molar-refractivity contribution in [3.8, 4) is 6.07 Å². The molecule has 1 amide bonds.